The van der Waals surface area contributed by atoms with Gasteiger partial charge in [0.1, 0.15) is 0 Å². The van der Waals surface area contributed by atoms with Crippen molar-refractivity contribution in [3.63, 3.8) is 0 Å². The van der Waals surface area contributed by atoms with Crippen LogP contribution in [0.1, 0.15) is 35.3 Å². The second kappa shape index (κ2) is 14.8. The number of benzene rings is 2. The molecule has 1 atom stereocenters. The summed E-state index contributed by atoms with van der Waals surface area (Å²) < 4.78 is 5.79. The molecular weight excluding hydrogens is 491 g/mol. The summed E-state index contributed by atoms with van der Waals surface area (Å²) in [5.41, 5.74) is 2.87. The van der Waals surface area contributed by atoms with E-state index < -0.39 is 0 Å². The molecule has 2 rings (SSSR count). The van der Waals surface area contributed by atoms with Gasteiger partial charge < -0.3 is 20.7 Å². The molecule has 0 saturated heterocycles. The SMILES string of the molecule is CCNC(=O)c1cccc(CNC(=NC)NCC(C)COCc2ccccc2)c1.I. The molecule has 0 heterocycles. The zero-order valence-electron chi connectivity index (χ0n) is 18.0. The lowest BCUT2D eigenvalue weighted by Gasteiger charge is -2.16. The molecule has 2 aromatic rings. The van der Waals surface area contributed by atoms with E-state index in [0.29, 0.717) is 37.8 Å². The van der Waals surface area contributed by atoms with Gasteiger partial charge in [-0.15, -0.1) is 24.0 Å². The van der Waals surface area contributed by atoms with Crippen molar-refractivity contribution >= 4 is 35.8 Å². The smallest absolute Gasteiger partial charge is 0.251 e. The Morgan fingerprint density at radius 2 is 1.77 bits per heavy atom. The Morgan fingerprint density at radius 3 is 2.47 bits per heavy atom. The van der Waals surface area contributed by atoms with Crippen LogP contribution < -0.4 is 16.0 Å². The highest BCUT2D eigenvalue weighted by molar-refractivity contribution is 14.0. The Morgan fingerprint density at radius 1 is 1.03 bits per heavy atom. The van der Waals surface area contributed by atoms with E-state index >= 15 is 0 Å². The fourth-order valence-electron chi connectivity index (χ4n) is 2.77. The number of nitrogens with one attached hydrogen (secondary N) is 3. The minimum absolute atomic E-state index is 0. The fraction of sp³-hybridized carbons (Fsp3) is 0.391. The maximum Gasteiger partial charge on any atom is 0.251 e. The average Bonchev–Trinajstić information content (AvgIpc) is 2.75. The van der Waals surface area contributed by atoms with E-state index in [1.807, 2.05) is 49.4 Å². The van der Waals surface area contributed by atoms with Crippen LogP contribution in [0.2, 0.25) is 0 Å². The normalized spacial score (nSPS) is 11.9. The van der Waals surface area contributed by atoms with Gasteiger partial charge in [0.2, 0.25) is 0 Å². The third kappa shape index (κ3) is 9.58. The third-order valence-electron chi connectivity index (χ3n) is 4.34. The zero-order valence-corrected chi connectivity index (χ0v) is 20.3. The Balaban J connectivity index is 0.00000450. The summed E-state index contributed by atoms with van der Waals surface area (Å²) in [7, 11) is 1.75. The van der Waals surface area contributed by atoms with Crippen molar-refractivity contribution in [3.05, 3.63) is 71.3 Å². The van der Waals surface area contributed by atoms with Crippen LogP contribution in [0.5, 0.6) is 0 Å². The van der Waals surface area contributed by atoms with Crippen LogP contribution in [0.25, 0.3) is 0 Å². The van der Waals surface area contributed by atoms with E-state index in [4.69, 9.17) is 4.74 Å². The van der Waals surface area contributed by atoms with E-state index in [-0.39, 0.29) is 29.9 Å². The predicted octanol–water partition coefficient (Wildman–Crippen LogP) is 3.57. The van der Waals surface area contributed by atoms with Gasteiger partial charge in [-0.1, -0.05) is 49.4 Å². The van der Waals surface area contributed by atoms with Crippen LogP contribution in [0.15, 0.2) is 59.6 Å². The van der Waals surface area contributed by atoms with Crippen molar-refractivity contribution in [3.8, 4) is 0 Å². The molecule has 0 aliphatic heterocycles. The molecule has 1 amide bonds. The Kier molecular flexibility index (Phi) is 12.8. The Labute approximate surface area is 196 Å². The first-order valence-corrected chi connectivity index (χ1v) is 10.1. The van der Waals surface area contributed by atoms with Crippen molar-refractivity contribution < 1.29 is 9.53 Å². The molecule has 3 N–H and O–H groups in total. The van der Waals surface area contributed by atoms with Gasteiger partial charge in [-0.25, -0.2) is 0 Å². The molecule has 0 radical (unpaired) electrons. The monoisotopic (exact) mass is 524 g/mol. The van der Waals surface area contributed by atoms with Crippen molar-refractivity contribution in [1.82, 2.24) is 16.0 Å². The van der Waals surface area contributed by atoms with Crippen LogP contribution in [-0.2, 0) is 17.9 Å². The maximum absolute atomic E-state index is 12.0. The first-order valence-electron chi connectivity index (χ1n) is 10.1. The van der Waals surface area contributed by atoms with Gasteiger partial charge in [0, 0.05) is 32.2 Å². The van der Waals surface area contributed by atoms with Crippen LogP contribution in [0.4, 0.5) is 0 Å². The lowest BCUT2D eigenvalue weighted by Crippen LogP contribution is -2.39. The van der Waals surface area contributed by atoms with Gasteiger partial charge in [0.15, 0.2) is 5.96 Å². The van der Waals surface area contributed by atoms with Gasteiger partial charge in [0.05, 0.1) is 13.2 Å². The van der Waals surface area contributed by atoms with Gasteiger partial charge in [-0.05, 0) is 36.1 Å². The Hall–Kier alpha value is -2.13. The van der Waals surface area contributed by atoms with E-state index in [2.05, 4.69) is 40.0 Å². The largest absolute Gasteiger partial charge is 0.376 e. The predicted molar refractivity (Wildman–Crippen MR) is 133 cm³/mol. The summed E-state index contributed by atoms with van der Waals surface area (Å²) in [5.74, 6) is 1.02. The summed E-state index contributed by atoms with van der Waals surface area (Å²) in [6, 6.07) is 17.8. The number of carbonyl (C=O) groups excluding carboxylic acids is 1. The second-order valence-electron chi connectivity index (χ2n) is 6.97. The summed E-state index contributed by atoms with van der Waals surface area (Å²) in [5, 5.41) is 9.43. The highest BCUT2D eigenvalue weighted by atomic mass is 127. The van der Waals surface area contributed by atoms with Crippen molar-refractivity contribution in [2.24, 2.45) is 10.9 Å². The standard InChI is InChI=1S/C23H32N4O2.HI/c1-4-25-22(28)21-12-8-11-20(13-21)15-27-23(24-3)26-14-18(2)16-29-17-19-9-6-5-7-10-19;/h5-13,18H,4,14-17H2,1-3H3,(H,25,28)(H2,24,26,27);1H. The number of hydrogen-bond donors (Lipinski definition) is 3. The number of guanidine groups is 1. The highest BCUT2D eigenvalue weighted by Crippen LogP contribution is 2.06. The molecule has 0 bridgehead atoms. The number of aliphatic imine (C=N–C) groups is 1. The number of rotatable bonds is 10. The molecule has 6 nitrogen and oxygen atoms in total. The molecule has 0 aromatic heterocycles. The second-order valence-corrected chi connectivity index (χ2v) is 6.97. The quantitative estimate of drug-likeness (QED) is 0.253. The van der Waals surface area contributed by atoms with Crippen molar-refractivity contribution in [2.45, 2.75) is 27.0 Å². The van der Waals surface area contributed by atoms with Crippen LogP contribution in [-0.4, -0.2) is 38.6 Å². The molecule has 0 aliphatic rings. The number of carbonyl (C=O) groups is 1. The van der Waals surface area contributed by atoms with Gasteiger partial charge in [-0.3, -0.25) is 9.79 Å². The molecule has 30 heavy (non-hydrogen) atoms. The molecule has 1 unspecified atom stereocenters. The summed E-state index contributed by atoms with van der Waals surface area (Å²) in [6.45, 7) is 7.31. The van der Waals surface area contributed by atoms with Gasteiger partial charge in [-0.2, -0.15) is 0 Å². The van der Waals surface area contributed by atoms with E-state index in [0.717, 1.165) is 18.1 Å². The van der Waals surface area contributed by atoms with Crippen LogP contribution in [0.3, 0.4) is 0 Å². The molecule has 0 aliphatic carbocycles. The third-order valence-corrected chi connectivity index (χ3v) is 4.34. The van der Waals surface area contributed by atoms with Gasteiger partial charge in [0.25, 0.3) is 5.91 Å². The first kappa shape index (κ1) is 25.9. The number of nitrogens with zero attached hydrogens (tertiary/aromatic N) is 1. The average molecular weight is 524 g/mol. The Bertz CT molecular complexity index is 784. The fourth-order valence-corrected chi connectivity index (χ4v) is 2.77. The minimum Gasteiger partial charge on any atom is -0.376 e. The summed E-state index contributed by atoms with van der Waals surface area (Å²) in [6.07, 6.45) is 0. The van der Waals surface area contributed by atoms with Crippen molar-refractivity contribution in [2.75, 3.05) is 26.7 Å². The van der Waals surface area contributed by atoms with Crippen molar-refractivity contribution in [1.29, 1.82) is 0 Å². The number of ether oxygens (including phenoxy) is 1. The first-order chi connectivity index (χ1) is 14.1. The van der Waals surface area contributed by atoms with E-state index in [1.165, 1.54) is 5.56 Å². The van der Waals surface area contributed by atoms with E-state index in [9.17, 15) is 4.79 Å². The maximum atomic E-state index is 12.0. The molecule has 2 aromatic carbocycles. The molecular formula is C23H33IN4O2. The number of hydrogen-bond acceptors (Lipinski definition) is 3. The molecule has 0 fully saturated rings. The summed E-state index contributed by atoms with van der Waals surface area (Å²) >= 11 is 0. The number of halogens is 1. The van der Waals surface area contributed by atoms with Crippen LogP contribution >= 0.6 is 24.0 Å². The molecule has 7 heteroatoms. The minimum atomic E-state index is -0.0545. The molecule has 0 saturated carbocycles. The van der Waals surface area contributed by atoms with Crippen LogP contribution in [0, 0.1) is 5.92 Å². The highest BCUT2D eigenvalue weighted by Gasteiger charge is 2.07. The number of amides is 1. The molecule has 164 valence electrons. The lowest BCUT2D eigenvalue weighted by atomic mass is 10.1. The lowest BCUT2D eigenvalue weighted by molar-refractivity contribution is 0.0931. The zero-order chi connectivity index (χ0) is 20.9. The van der Waals surface area contributed by atoms with Gasteiger partial charge >= 0.3 is 0 Å². The topological polar surface area (TPSA) is 74.8 Å². The molecule has 0 spiro atoms. The van der Waals surface area contributed by atoms with E-state index in [1.54, 1.807) is 7.05 Å². The summed E-state index contributed by atoms with van der Waals surface area (Å²) in [4.78, 5) is 16.2.